The number of imide groups is 2. The Kier molecular flexibility index (Phi) is 5.11. The van der Waals surface area contributed by atoms with Gasteiger partial charge in [-0.3, -0.25) is 19.8 Å². The van der Waals surface area contributed by atoms with Gasteiger partial charge in [-0.25, -0.2) is 14.0 Å². The van der Waals surface area contributed by atoms with Crippen LogP contribution in [0.3, 0.4) is 0 Å². The Bertz CT molecular complexity index is 793. The smallest absolute Gasteiger partial charge is 0.325 e. The first-order chi connectivity index (χ1) is 12.8. The summed E-state index contributed by atoms with van der Waals surface area (Å²) in [5, 5.41) is 7.22. The van der Waals surface area contributed by atoms with E-state index in [1.54, 1.807) is 6.07 Å². The van der Waals surface area contributed by atoms with Crippen LogP contribution in [0.15, 0.2) is 24.3 Å². The fraction of sp³-hybridized carbons (Fsp3) is 0.444. The maximum absolute atomic E-state index is 14.1. The summed E-state index contributed by atoms with van der Waals surface area (Å²) in [6.07, 6.45) is 3.76. The van der Waals surface area contributed by atoms with E-state index in [1.807, 2.05) is 0 Å². The average molecular weight is 376 g/mol. The highest BCUT2D eigenvalue weighted by Gasteiger charge is 2.50. The standard InChI is InChI=1S/C18H21FN4O4/c1-18(12-8-4-5-9-13(12)19)15(25)23(17(27)22-18)10-14(24)21-16(26)20-11-6-2-3-7-11/h4-5,8-9,11H,2-3,6-7,10H2,1H3,(H,22,27)(H2,20,21,24,26). The first-order valence-corrected chi connectivity index (χ1v) is 8.80. The molecule has 0 spiro atoms. The Morgan fingerprint density at radius 1 is 1.26 bits per heavy atom. The zero-order chi connectivity index (χ0) is 19.6. The number of rotatable bonds is 4. The number of urea groups is 2. The largest absolute Gasteiger partial charge is 0.335 e. The van der Waals surface area contributed by atoms with Crippen LogP contribution >= 0.6 is 0 Å². The topological polar surface area (TPSA) is 108 Å². The molecule has 2 fully saturated rings. The summed E-state index contributed by atoms with van der Waals surface area (Å²) in [6.45, 7) is 0.739. The maximum atomic E-state index is 14.1. The molecular formula is C18H21FN4O4. The van der Waals surface area contributed by atoms with Crippen LogP contribution in [0.5, 0.6) is 0 Å². The number of carbonyl (C=O) groups excluding carboxylic acids is 4. The molecule has 3 rings (SSSR count). The molecule has 0 radical (unpaired) electrons. The minimum absolute atomic E-state index is 0.00485. The van der Waals surface area contributed by atoms with Crippen molar-refractivity contribution in [2.45, 2.75) is 44.2 Å². The van der Waals surface area contributed by atoms with E-state index >= 15 is 0 Å². The summed E-state index contributed by atoms with van der Waals surface area (Å²) in [7, 11) is 0. The maximum Gasteiger partial charge on any atom is 0.325 e. The molecule has 1 unspecified atom stereocenters. The van der Waals surface area contributed by atoms with Gasteiger partial charge in [0.15, 0.2) is 0 Å². The molecule has 3 N–H and O–H groups in total. The fourth-order valence-corrected chi connectivity index (χ4v) is 3.49. The van der Waals surface area contributed by atoms with Gasteiger partial charge < -0.3 is 10.6 Å². The van der Waals surface area contributed by atoms with Crippen molar-refractivity contribution in [1.82, 2.24) is 20.9 Å². The Hall–Kier alpha value is -2.97. The number of hydrogen-bond acceptors (Lipinski definition) is 4. The van der Waals surface area contributed by atoms with Gasteiger partial charge in [0.2, 0.25) is 5.91 Å². The lowest BCUT2D eigenvalue weighted by Crippen LogP contribution is -2.48. The van der Waals surface area contributed by atoms with E-state index in [0.717, 1.165) is 25.7 Å². The molecule has 8 nitrogen and oxygen atoms in total. The first-order valence-electron chi connectivity index (χ1n) is 8.80. The highest BCUT2D eigenvalue weighted by molar-refractivity contribution is 6.10. The van der Waals surface area contributed by atoms with Crippen LogP contribution in [0.1, 0.15) is 38.2 Å². The van der Waals surface area contributed by atoms with E-state index in [9.17, 15) is 23.6 Å². The third-order valence-corrected chi connectivity index (χ3v) is 4.93. The summed E-state index contributed by atoms with van der Waals surface area (Å²) in [4.78, 5) is 49.4. The number of amides is 6. The molecular weight excluding hydrogens is 355 g/mol. The molecule has 1 aliphatic carbocycles. The molecule has 1 aromatic rings. The normalized spacial score (nSPS) is 22.7. The van der Waals surface area contributed by atoms with E-state index in [1.165, 1.54) is 25.1 Å². The third kappa shape index (κ3) is 3.76. The predicted molar refractivity (Wildman–Crippen MR) is 92.9 cm³/mol. The van der Waals surface area contributed by atoms with Gasteiger partial charge in [-0.1, -0.05) is 31.0 Å². The van der Waals surface area contributed by atoms with E-state index in [4.69, 9.17) is 0 Å². The molecule has 0 aromatic heterocycles. The van der Waals surface area contributed by atoms with Crippen molar-refractivity contribution in [3.8, 4) is 0 Å². The van der Waals surface area contributed by atoms with Gasteiger partial charge in [0, 0.05) is 11.6 Å². The molecule has 144 valence electrons. The van der Waals surface area contributed by atoms with Crippen molar-refractivity contribution in [3.63, 3.8) is 0 Å². The van der Waals surface area contributed by atoms with Gasteiger partial charge in [-0.05, 0) is 25.8 Å². The predicted octanol–water partition coefficient (Wildman–Crippen LogP) is 1.36. The Morgan fingerprint density at radius 3 is 2.59 bits per heavy atom. The molecule has 9 heteroatoms. The van der Waals surface area contributed by atoms with Crippen LogP contribution in [-0.2, 0) is 15.1 Å². The van der Waals surface area contributed by atoms with E-state index in [2.05, 4.69) is 16.0 Å². The van der Waals surface area contributed by atoms with Crippen LogP contribution in [0.2, 0.25) is 0 Å². The number of halogens is 1. The highest BCUT2D eigenvalue weighted by Crippen LogP contribution is 2.30. The number of nitrogens with zero attached hydrogens (tertiary/aromatic N) is 1. The monoisotopic (exact) mass is 376 g/mol. The minimum Gasteiger partial charge on any atom is -0.335 e. The SMILES string of the molecule is CC1(c2ccccc2F)NC(=O)N(CC(=O)NC(=O)NC2CCCC2)C1=O. The summed E-state index contributed by atoms with van der Waals surface area (Å²) < 4.78 is 14.1. The molecule has 1 heterocycles. The van der Waals surface area contributed by atoms with Crippen molar-refractivity contribution >= 4 is 23.9 Å². The lowest BCUT2D eigenvalue weighted by Gasteiger charge is -2.22. The number of hydrogen-bond donors (Lipinski definition) is 3. The highest BCUT2D eigenvalue weighted by atomic mass is 19.1. The summed E-state index contributed by atoms with van der Waals surface area (Å²) in [5.74, 6) is -2.20. The minimum atomic E-state index is -1.62. The fourth-order valence-electron chi connectivity index (χ4n) is 3.49. The molecule has 1 saturated heterocycles. The zero-order valence-electron chi connectivity index (χ0n) is 14.9. The van der Waals surface area contributed by atoms with E-state index < -0.39 is 41.8 Å². The van der Waals surface area contributed by atoms with Gasteiger partial charge >= 0.3 is 12.1 Å². The zero-order valence-corrected chi connectivity index (χ0v) is 14.9. The molecule has 1 atom stereocenters. The molecule has 6 amide bonds. The van der Waals surface area contributed by atoms with Gasteiger partial charge in [0.05, 0.1) is 0 Å². The lowest BCUT2D eigenvalue weighted by molar-refractivity contribution is -0.134. The van der Waals surface area contributed by atoms with Crippen molar-refractivity contribution in [3.05, 3.63) is 35.6 Å². The van der Waals surface area contributed by atoms with Gasteiger partial charge in [-0.2, -0.15) is 0 Å². The molecule has 1 saturated carbocycles. The van der Waals surface area contributed by atoms with Crippen molar-refractivity contribution in [1.29, 1.82) is 0 Å². The van der Waals surface area contributed by atoms with Crippen molar-refractivity contribution in [2.75, 3.05) is 6.54 Å². The van der Waals surface area contributed by atoms with Crippen LogP contribution in [0, 0.1) is 5.82 Å². The average Bonchev–Trinajstić information content (AvgIpc) is 3.18. The molecule has 1 aliphatic heterocycles. The van der Waals surface area contributed by atoms with Crippen LogP contribution in [-0.4, -0.2) is 41.4 Å². The Morgan fingerprint density at radius 2 is 1.93 bits per heavy atom. The van der Waals surface area contributed by atoms with Crippen molar-refractivity contribution in [2.24, 2.45) is 0 Å². The molecule has 0 bridgehead atoms. The Balaban J connectivity index is 1.64. The lowest BCUT2D eigenvalue weighted by atomic mass is 9.91. The third-order valence-electron chi connectivity index (χ3n) is 4.93. The van der Waals surface area contributed by atoms with E-state index in [-0.39, 0.29) is 11.6 Å². The van der Waals surface area contributed by atoms with Crippen LogP contribution < -0.4 is 16.0 Å². The van der Waals surface area contributed by atoms with Gasteiger partial charge in [-0.15, -0.1) is 0 Å². The van der Waals surface area contributed by atoms with Crippen LogP contribution in [0.4, 0.5) is 14.0 Å². The molecule has 27 heavy (non-hydrogen) atoms. The second-order valence-electron chi connectivity index (χ2n) is 6.93. The second kappa shape index (κ2) is 7.34. The summed E-state index contributed by atoms with van der Waals surface area (Å²) >= 11 is 0. The Labute approximate surface area is 155 Å². The second-order valence-corrected chi connectivity index (χ2v) is 6.93. The van der Waals surface area contributed by atoms with Crippen molar-refractivity contribution < 1.29 is 23.6 Å². The van der Waals surface area contributed by atoms with Crippen LogP contribution in [0.25, 0.3) is 0 Å². The van der Waals surface area contributed by atoms with Gasteiger partial charge in [0.25, 0.3) is 5.91 Å². The number of carbonyl (C=O) groups is 4. The molecule has 2 aliphatic rings. The van der Waals surface area contributed by atoms with Gasteiger partial charge in [0.1, 0.15) is 17.9 Å². The van der Waals surface area contributed by atoms with E-state index in [0.29, 0.717) is 4.90 Å². The summed E-state index contributed by atoms with van der Waals surface area (Å²) in [6, 6.07) is 4.14. The molecule has 1 aromatic carbocycles. The number of benzene rings is 1. The quantitative estimate of drug-likeness (QED) is 0.690. The first kappa shape index (κ1) is 18.8. The number of nitrogens with one attached hydrogen (secondary N) is 3. The summed E-state index contributed by atoms with van der Waals surface area (Å²) in [5.41, 5.74) is -1.61.